The number of amides is 5. The number of nitrogens with one attached hydrogen (secondary N) is 2. The molecule has 0 spiro atoms. The Kier molecular flexibility index (Phi) is 13.8. The molecule has 1 unspecified atom stereocenters. The number of carbonyl (C=O) groups excluding carboxylic acids is 5. The lowest BCUT2D eigenvalue weighted by Gasteiger charge is -2.35. The lowest BCUT2D eigenvalue weighted by atomic mass is 10.0. The fourth-order valence-corrected chi connectivity index (χ4v) is 7.69. The number of piperazine rings is 1. The minimum Gasteiger partial charge on any atom is -0.490 e. The third-order valence-corrected chi connectivity index (χ3v) is 10.6. The van der Waals surface area contributed by atoms with Crippen LogP contribution in [0.4, 0.5) is 20.3 Å². The molecule has 5 amide bonds. The number of piperidine rings is 1. The molecule has 61 heavy (non-hydrogen) atoms. The standard InChI is InChI=1S/C42H42ClF2N7O9/c1-2-33(54)50-12-14-51(15-13-50)39-26-23-27(43)35(37(45)38(26)47-24-48-39)36-28(44)6-4-8-31(36)61-22-21-60-20-19-59-18-17-58-16-11-46-29-7-3-5-25-34(29)42(57)52(41(25)56)30-9-10-32(53)49-40(30)55/h2-8,23-24,30,46H,1,9-22H2,(H,49,53,55). The van der Waals surface area contributed by atoms with Crippen molar-refractivity contribution in [3.8, 4) is 16.9 Å². The number of fused-ring (bicyclic) bond motifs is 2. The molecular formula is C42H42ClF2N7O9. The van der Waals surface area contributed by atoms with E-state index in [0.29, 0.717) is 49.6 Å². The number of ether oxygens (including phenoxy) is 4. The van der Waals surface area contributed by atoms with Crippen molar-refractivity contribution in [3.05, 3.63) is 89.2 Å². The first kappa shape index (κ1) is 43.0. The minimum atomic E-state index is -1.05. The minimum absolute atomic E-state index is 0.0192. The maximum absolute atomic E-state index is 16.3. The van der Waals surface area contributed by atoms with Crippen LogP contribution in [0.3, 0.4) is 0 Å². The second kappa shape index (κ2) is 19.5. The Labute approximate surface area is 353 Å². The van der Waals surface area contributed by atoms with Crippen molar-refractivity contribution < 1.29 is 51.7 Å². The van der Waals surface area contributed by atoms with Crippen LogP contribution < -0.4 is 20.3 Å². The van der Waals surface area contributed by atoms with Crippen LogP contribution in [-0.2, 0) is 28.6 Å². The first-order valence-corrected chi connectivity index (χ1v) is 20.0. The molecule has 1 atom stereocenters. The van der Waals surface area contributed by atoms with Crippen LogP contribution in [0.25, 0.3) is 22.0 Å². The van der Waals surface area contributed by atoms with Crippen molar-refractivity contribution >= 4 is 63.5 Å². The van der Waals surface area contributed by atoms with Crippen molar-refractivity contribution in [1.82, 2.24) is 25.1 Å². The largest absolute Gasteiger partial charge is 0.490 e. The molecular weight excluding hydrogens is 820 g/mol. The molecule has 16 nitrogen and oxygen atoms in total. The summed E-state index contributed by atoms with van der Waals surface area (Å²) >= 11 is 6.66. The molecule has 0 radical (unpaired) electrons. The molecule has 320 valence electrons. The molecule has 0 bridgehead atoms. The second-order valence-corrected chi connectivity index (χ2v) is 14.5. The summed E-state index contributed by atoms with van der Waals surface area (Å²) in [5.74, 6) is -3.52. The number of hydrogen-bond acceptors (Lipinski definition) is 13. The predicted molar refractivity (Wildman–Crippen MR) is 218 cm³/mol. The van der Waals surface area contributed by atoms with Crippen LogP contribution in [0, 0.1) is 11.6 Å². The average molecular weight is 862 g/mol. The summed E-state index contributed by atoms with van der Waals surface area (Å²) in [7, 11) is 0. The van der Waals surface area contributed by atoms with E-state index in [0.717, 1.165) is 4.90 Å². The van der Waals surface area contributed by atoms with Crippen molar-refractivity contribution in [2.75, 3.05) is 89.2 Å². The van der Waals surface area contributed by atoms with Gasteiger partial charge in [0.1, 0.15) is 41.9 Å². The molecule has 4 heterocycles. The number of aromatic nitrogens is 2. The van der Waals surface area contributed by atoms with Crippen LogP contribution in [-0.4, -0.2) is 134 Å². The Morgan fingerprint density at radius 3 is 2.31 bits per heavy atom. The molecule has 2 N–H and O–H groups in total. The lowest BCUT2D eigenvalue weighted by Crippen LogP contribution is -2.54. The van der Waals surface area contributed by atoms with Crippen LogP contribution >= 0.6 is 11.6 Å². The average Bonchev–Trinajstić information content (AvgIpc) is 3.51. The van der Waals surface area contributed by atoms with Gasteiger partial charge in [-0.25, -0.2) is 18.7 Å². The van der Waals surface area contributed by atoms with Crippen LogP contribution in [0.5, 0.6) is 5.75 Å². The predicted octanol–water partition coefficient (Wildman–Crippen LogP) is 4.00. The van der Waals surface area contributed by atoms with Gasteiger partial charge in [0, 0.05) is 55.8 Å². The summed E-state index contributed by atoms with van der Waals surface area (Å²) in [6, 6.07) is 9.43. The van der Waals surface area contributed by atoms with Crippen molar-refractivity contribution in [2.45, 2.75) is 18.9 Å². The number of benzene rings is 3. The van der Waals surface area contributed by atoms with Gasteiger partial charge in [-0.1, -0.05) is 30.3 Å². The summed E-state index contributed by atoms with van der Waals surface area (Å²) in [4.78, 5) is 75.3. The molecule has 0 saturated carbocycles. The lowest BCUT2D eigenvalue weighted by molar-refractivity contribution is -0.136. The highest BCUT2D eigenvalue weighted by atomic mass is 35.5. The van der Waals surface area contributed by atoms with Crippen LogP contribution in [0.1, 0.15) is 33.6 Å². The van der Waals surface area contributed by atoms with Gasteiger partial charge in [-0.15, -0.1) is 0 Å². The number of rotatable bonds is 18. The van der Waals surface area contributed by atoms with E-state index in [1.807, 2.05) is 4.90 Å². The summed E-state index contributed by atoms with van der Waals surface area (Å²) in [6.07, 6.45) is 2.61. The van der Waals surface area contributed by atoms with E-state index in [2.05, 4.69) is 27.2 Å². The molecule has 0 aliphatic carbocycles. The second-order valence-electron chi connectivity index (χ2n) is 14.1. The zero-order valence-corrected chi connectivity index (χ0v) is 33.7. The normalized spacial score (nSPS) is 16.6. The molecule has 2 saturated heterocycles. The number of imide groups is 2. The topological polar surface area (TPSA) is 182 Å². The quantitative estimate of drug-likeness (QED) is 0.0833. The fraction of sp³-hybridized carbons (Fsp3) is 0.357. The Bertz CT molecular complexity index is 2360. The molecule has 3 aliphatic rings. The fourth-order valence-electron chi connectivity index (χ4n) is 7.40. The van der Waals surface area contributed by atoms with E-state index in [9.17, 15) is 24.0 Å². The van der Waals surface area contributed by atoms with Gasteiger partial charge in [0.2, 0.25) is 17.7 Å². The zero-order valence-electron chi connectivity index (χ0n) is 32.9. The Balaban J connectivity index is 0.826. The first-order chi connectivity index (χ1) is 29.6. The Hall–Kier alpha value is -6.08. The zero-order chi connectivity index (χ0) is 43.0. The van der Waals surface area contributed by atoms with Crippen molar-refractivity contribution in [3.63, 3.8) is 0 Å². The van der Waals surface area contributed by atoms with Crippen molar-refractivity contribution in [1.29, 1.82) is 0 Å². The van der Waals surface area contributed by atoms with Gasteiger partial charge in [-0.3, -0.25) is 34.2 Å². The summed E-state index contributed by atoms with van der Waals surface area (Å²) < 4.78 is 54.3. The SMILES string of the molecule is C=CC(=O)N1CCN(c2ncnc3c(F)c(-c4c(F)cccc4OCCOCCOCCOCCNc4cccc5c4C(=O)N(C4CCC(=O)NC4=O)C5=O)c(Cl)cc23)CC1. The number of halogens is 3. The van der Waals surface area contributed by atoms with Gasteiger partial charge in [-0.05, 0) is 42.8 Å². The maximum Gasteiger partial charge on any atom is 0.264 e. The van der Waals surface area contributed by atoms with E-state index in [1.165, 1.54) is 42.7 Å². The van der Waals surface area contributed by atoms with Crippen LogP contribution in [0.2, 0.25) is 5.02 Å². The molecule has 3 aromatic carbocycles. The Morgan fingerprint density at radius 2 is 1.59 bits per heavy atom. The number of carbonyl (C=O) groups is 5. The van der Waals surface area contributed by atoms with Gasteiger partial charge < -0.3 is 34.1 Å². The first-order valence-electron chi connectivity index (χ1n) is 19.6. The number of nitrogens with zero attached hydrogens (tertiary/aromatic N) is 5. The van der Waals surface area contributed by atoms with Gasteiger partial charge in [0.25, 0.3) is 11.8 Å². The highest BCUT2D eigenvalue weighted by Gasteiger charge is 2.45. The van der Waals surface area contributed by atoms with Crippen molar-refractivity contribution in [2.24, 2.45) is 0 Å². The number of hydrogen-bond donors (Lipinski definition) is 2. The Morgan fingerprint density at radius 1 is 0.885 bits per heavy atom. The smallest absolute Gasteiger partial charge is 0.264 e. The highest BCUT2D eigenvalue weighted by molar-refractivity contribution is 6.34. The van der Waals surface area contributed by atoms with E-state index >= 15 is 8.78 Å². The molecule has 3 aliphatic heterocycles. The molecule has 4 aromatic rings. The monoisotopic (exact) mass is 861 g/mol. The van der Waals surface area contributed by atoms with E-state index in [1.54, 1.807) is 17.0 Å². The van der Waals surface area contributed by atoms with E-state index in [4.69, 9.17) is 30.5 Å². The summed E-state index contributed by atoms with van der Waals surface area (Å²) in [5.41, 5.74) is 0.383. The van der Waals surface area contributed by atoms with Gasteiger partial charge >= 0.3 is 0 Å². The highest BCUT2D eigenvalue weighted by Crippen LogP contribution is 2.42. The van der Waals surface area contributed by atoms with Gasteiger partial charge in [0.15, 0.2) is 5.82 Å². The third-order valence-electron chi connectivity index (χ3n) is 10.4. The van der Waals surface area contributed by atoms with E-state index < -0.39 is 41.3 Å². The third kappa shape index (κ3) is 9.31. The molecule has 19 heteroatoms. The molecule has 1 aromatic heterocycles. The van der Waals surface area contributed by atoms with Gasteiger partial charge in [-0.2, -0.15) is 0 Å². The maximum atomic E-state index is 16.3. The van der Waals surface area contributed by atoms with E-state index in [-0.39, 0.29) is 104 Å². The summed E-state index contributed by atoms with van der Waals surface area (Å²) in [6.45, 7) is 7.07. The number of anilines is 2. The van der Waals surface area contributed by atoms with Gasteiger partial charge in [0.05, 0.1) is 61.4 Å². The summed E-state index contributed by atoms with van der Waals surface area (Å²) in [5, 5.41) is 5.59. The molecule has 7 rings (SSSR count). The molecule has 2 fully saturated rings. The van der Waals surface area contributed by atoms with Crippen LogP contribution in [0.15, 0.2) is 61.4 Å².